The number of benzene rings is 1. The molecule has 0 bridgehead atoms. The summed E-state index contributed by atoms with van der Waals surface area (Å²) in [5.74, 6) is -0.189. The first-order chi connectivity index (χ1) is 11.7. The Balaban J connectivity index is 1.67. The van der Waals surface area contributed by atoms with E-state index in [1.807, 2.05) is 55.6 Å². The first-order valence-corrected chi connectivity index (χ1v) is 7.56. The van der Waals surface area contributed by atoms with Gasteiger partial charge in [-0.2, -0.15) is 5.10 Å². The van der Waals surface area contributed by atoms with E-state index in [2.05, 4.69) is 20.5 Å². The van der Waals surface area contributed by atoms with Crippen molar-refractivity contribution in [2.45, 2.75) is 6.92 Å². The maximum absolute atomic E-state index is 12.6. The fourth-order valence-electron chi connectivity index (χ4n) is 2.63. The number of nitrogens with zero attached hydrogens (tertiary/aromatic N) is 3. The molecule has 0 saturated heterocycles. The normalized spacial score (nSPS) is 10.9. The maximum atomic E-state index is 12.6. The molecule has 1 amide bonds. The minimum absolute atomic E-state index is 0.189. The van der Waals surface area contributed by atoms with Gasteiger partial charge >= 0.3 is 0 Å². The van der Waals surface area contributed by atoms with Crippen molar-refractivity contribution in [3.05, 3.63) is 72.3 Å². The fraction of sp³-hybridized carbons (Fsp3) is 0.0556. The first kappa shape index (κ1) is 14.2. The highest BCUT2D eigenvalue weighted by Crippen LogP contribution is 2.20. The van der Waals surface area contributed by atoms with E-state index < -0.39 is 0 Å². The molecule has 1 aromatic carbocycles. The lowest BCUT2D eigenvalue weighted by atomic mass is 10.2. The van der Waals surface area contributed by atoms with Crippen molar-refractivity contribution in [2.75, 3.05) is 5.32 Å². The van der Waals surface area contributed by atoms with Gasteiger partial charge in [-0.3, -0.25) is 14.3 Å². The molecule has 4 rings (SSSR count). The minimum Gasteiger partial charge on any atom is -0.320 e. The minimum atomic E-state index is -0.189. The average molecular weight is 317 g/mol. The van der Waals surface area contributed by atoms with E-state index in [1.165, 1.54) is 0 Å². The van der Waals surface area contributed by atoms with Crippen molar-refractivity contribution in [1.29, 1.82) is 0 Å². The molecule has 0 aliphatic carbocycles. The van der Waals surface area contributed by atoms with Crippen molar-refractivity contribution >= 4 is 17.2 Å². The predicted molar refractivity (Wildman–Crippen MR) is 91.9 cm³/mol. The van der Waals surface area contributed by atoms with Crippen LogP contribution >= 0.6 is 0 Å². The summed E-state index contributed by atoms with van der Waals surface area (Å²) < 4.78 is 1.77. The van der Waals surface area contributed by atoms with Crippen LogP contribution in [0.4, 0.5) is 5.69 Å². The summed E-state index contributed by atoms with van der Waals surface area (Å²) in [4.78, 5) is 16.9. The molecule has 0 unspecified atom stereocenters. The van der Waals surface area contributed by atoms with Crippen molar-refractivity contribution in [3.63, 3.8) is 0 Å². The standard InChI is InChI=1S/C18H15N5O/c1-12-4-2-3-5-14(12)21-18(24)16-11-19-17-10-13(7-9-23(16)17)15-6-8-20-22-15/h2-11H,1H3,(H,20,22)(H,21,24). The molecule has 0 atom stereocenters. The number of rotatable bonds is 3. The third-order valence-corrected chi connectivity index (χ3v) is 3.95. The number of aromatic nitrogens is 4. The number of aryl methyl sites for hydroxylation is 1. The predicted octanol–water partition coefficient (Wildman–Crippen LogP) is 3.29. The Morgan fingerprint density at radius 1 is 1.21 bits per heavy atom. The van der Waals surface area contributed by atoms with Gasteiger partial charge in [0.25, 0.3) is 5.91 Å². The number of aromatic amines is 1. The lowest BCUT2D eigenvalue weighted by Crippen LogP contribution is -2.14. The summed E-state index contributed by atoms with van der Waals surface area (Å²) in [5.41, 5.74) is 4.89. The third-order valence-electron chi connectivity index (χ3n) is 3.95. The van der Waals surface area contributed by atoms with Crippen LogP contribution in [0.2, 0.25) is 0 Å². The number of hydrogen-bond donors (Lipinski definition) is 2. The quantitative estimate of drug-likeness (QED) is 0.609. The molecule has 6 nitrogen and oxygen atoms in total. The highest BCUT2D eigenvalue weighted by atomic mass is 16.1. The Bertz CT molecular complexity index is 1020. The molecule has 24 heavy (non-hydrogen) atoms. The Morgan fingerprint density at radius 3 is 2.88 bits per heavy atom. The van der Waals surface area contributed by atoms with E-state index >= 15 is 0 Å². The summed E-state index contributed by atoms with van der Waals surface area (Å²) in [7, 11) is 0. The van der Waals surface area contributed by atoms with Gasteiger partial charge in [-0.05, 0) is 36.8 Å². The van der Waals surface area contributed by atoms with E-state index in [0.29, 0.717) is 11.3 Å². The van der Waals surface area contributed by atoms with E-state index in [4.69, 9.17) is 0 Å². The Kier molecular flexibility index (Phi) is 3.35. The van der Waals surface area contributed by atoms with Gasteiger partial charge in [0, 0.05) is 23.6 Å². The van der Waals surface area contributed by atoms with E-state index in [9.17, 15) is 4.79 Å². The number of H-pyrrole nitrogens is 1. The molecule has 6 heteroatoms. The molecular weight excluding hydrogens is 302 g/mol. The molecule has 0 aliphatic rings. The molecule has 0 fully saturated rings. The molecule has 2 N–H and O–H groups in total. The van der Waals surface area contributed by atoms with Gasteiger partial charge < -0.3 is 5.32 Å². The van der Waals surface area contributed by atoms with Crippen LogP contribution in [-0.4, -0.2) is 25.5 Å². The second kappa shape index (κ2) is 5.66. The average Bonchev–Trinajstić information content (AvgIpc) is 3.25. The maximum Gasteiger partial charge on any atom is 0.274 e. The van der Waals surface area contributed by atoms with Gasteiger partial charge in [0.2, 0.25) is 0 Å². The summed E-state index contributed by atoms with van der Waals surface area (Å²) in [6.07, 6.45) is 5.12. The van der Waals surface area contributed by atoms with Crippen molar-refractivity contribution in [3.8, 4) is 11.3 Å². The van der Waals surface area contributed by atoms with Gasteiger partial charge in [-0.25, -0.2) is 4.98 Å². The summed E-state index contributed by atoms with van der Waals surface area (Å²) in [6.45, 7) is 1.96. The Labute approximate surface area is 138 Å². The molecule has 0 spiro atoms. The lowest BCUT2D eigenvalue weighted by Gasteiger charge is -2.08. The van der Waals surface area contributed by atoms with Crippen LogP contribution in [0.3, 0.4) is 0 Å². The molecule has 0 aliphatic heterocycles. The molecule has 0 saturated carbocycles. The molecule has 0 radical (unpaired) electrons. The van der Waals surface area contributed by atoms with Crippen molar-refractivity contribution < 1.29 is 4.79 Å². The Morgan fingerprint density at radius 2 is 2.08 bits per heavy atom. The first-order valence-electron chi connectivity index (χ1n) is 7.56. The van der Waals surface area contributed by atoms with E-state index in [-0.39, 0.29) is 5.91 Å². The lowest BCUT2D eigenvalue weighted by molar-refractivity contribution is 0.102. The SMILES string of the molecule is Cc1ccccc1NC(=O)c1cnc2cc(-c3ccn[nH]3)ccn12. The topological polar surface area (TPSA) is 75.1 Å². The Hall–Kier alpha value is -3.41. The van der Waals surface area contributed by atoms with Crippen molar-refractivity contribution in [1.82, 2.24) is 19.6 Å². The van der Waals surface area contributed by atoms with Crippen molar-refractivity contribution in [2.24, 2.45) is 0 Å². The van der Waals surface area contributed by atoms with Gasteiger partial charge in [0.1, 0.15) is 11.3 Å². The second-order valence-corrected chi connectivity index (χ2v) is 5.53. The number of hydrogen-bond acceptors (Lipinski definition) is 3. The number of carbonyl (C=O) groups excluding carboxylic acids is 1. The molecule has 3 heterocycles. The van der Waals surface area contributed by atoms with Crippen LogP contribution < -0.4 is 5.32 Å². The van der Waals surface area contributed by atoms with Gasteiger partial charge in [0.15, 0.2) is 0 Å². The van der Waals surface area contributed by atoms with Crippen LogP contribution in [-0.2, 0) is 0 Å². The molecule has 4 aromatic rings. The zero-order valence-corrected chi connectivity index (χ0v) is 13.0. The fourth-order valence-corrected chi connectivity index (χ4v) is 2.63. The molecule has 118 valence electrons. The number of nitrogens with one attached hydrogen (secondary N) is 2. The van der Waals surface area contributed by atoms with Gasteiger partial charge in [-0.15, -0.1) is 0 Å². The summed E-state index contributed by atoms with van der Waals surface area (Å²) in [5, 5.41) is 9.80. The van der Waals surface area contributed by atoms with Gasteiger partial charge in [-0.1, -0.05) is 18.2 Å². The largest absolute Gasteiger partial charge is 0.320 e. The number of fused-ring (bicyclic) bond motifs is 1. The van der Waals surface area contributed by atoms with Crippen LogP contribution in [0, 0.1) is 6.92 Å². The summed E-state index contributed by atoms with van der Waals surface area (Å²) in [6, 6.07) is 13.4. The number of para-hydroxylation sites is 1. The number of imidazole rings is 1. The van der Waals surface area contributed by atoms with Gasteiger partial charge in [0.05, 0.1) is 11.9 Å². The van der Waals surface area contributed by atoms with E-state index in [1.54, 1.807) is 16.8 Å². The zero-order chi connectivity index (χ0) is 16.5. The van der Waals surface area contributed by atoms with Crippen LogP contribution in [0.1, 0.15) is 16.1 Å². The van der Waals surface area contributed by atoms with E-state index in [0.717, 1.165) is 22.5 Å². The highest BCUT2D eigenvalue weighted by Gasteiger charge is 2.13. The number of pyridine rings is 1. The monoisotopic (exact) mass is 317 g/mol. The molecular formula is C18H15N5O. The number of carbonyl (C=O) groups is 1. The van der Waals surface area contributed by atoms with Crippen LogP contribution in [0.25, 0.3) is 16.9 Å². The van der Waals surface area contributed by atoms with Crippen LogP contribution in [0.5, 0.6) is 0 Å². The molecule has 3 aromatic heterocycles. The second-order valence-electron chi connectivity index (χ2n) is 5.53. The zero-order valence-electron chi connectivity index (χ0n) is 13.0. The third kappa shape index (κ3) is 2.44. The van der Waals surface area contributed by atoms with Crippen LogP contribution in [0.15, 0.2) is 61.1 Å². The number of anilines is 1. The smallest absolute Gasteiger partial charge is 0.274 e. The summed E-state index contributed by atoms with van der Waals surface area (Å²) >= 11 is 0. The number of amides is 1. The highest BCUT2D eigenvalue weighted by molar-refractivity contribution is 6.03.